The average molecular weight is 398 g/mol. The molecule has 0 saturated heterocycles. The normalized spacial score (nSPS) is 15.0. The highest BCUT2D eigenvalue weighted by atomic mass is 28.4. The van der Waals surface area contributed by atoms with Gasteiger partial charge in [0.25, 0.3) is 6.43 Å². The maximum Gasteiger partial charge on any atom is 0.407 e. The number of rotatable bonds is 10. The number of hydrogen-bond acceptors (Lipinski definition) is 4. The van der Waals surface area contributed by atoms with Crippen LogP contribution in [0, 0.1) is 0 Å². The van der Waals surface area contributed by atoms with Crippen molar-refractivity contribution in [2.75, 3.05) is 0 Å². The van der Waals surface area contributed by atoms with Crippen LogP contribution < -0.4 is 5.32 Å². The number of alkyl carbamates (subject to hydrolysis) is 1. The summed E-state index contributed by atoms with van der Waals surface area (Å²) in [5, 5.41) is 11.5. The molecule has 0 aromatic rings. The molecule has 0 aliphatic rings. The zero-order valence-corrected chi connectivity index (χ0v) is 17.9. The summed E-state index contributed by atoms with van der Waals surface area (Å²) in [6, 6.07) is -2.00. The fourth-order valence-electron chi connectivity index (χ4n) is 3.56. The molecule has 6 nitrogen and oxygen atoms in total. The summed E-state index contributed by atoms with van der Waals surface area (Å²) < 4.78 is 38.0. The Morgan fingerprint density at radius 3 is 1.62 bits per heavy atom. The zero-order chi connectivity index (χ0) is 20.8. The van der Waals surface area contributed by atoms with Gasteiger partial charge in [0.05, 0.1) is 6.10 Å². The van der Waals surface area contributed by atoms with E-state index in [4.69, 9.17) is 9.16 Å². The number of carbonyl (C=O) groups is 2. The molecule has 1 amide bonds. The van der Waals surface area contributed by atoms with Gasteiger partial charge in [-0.3, -0.25) is 0 Å². The highest BCUT2D eigenvalue weighted by molar-refractivity contribution is 6.77. The highest BCUT2D eigenvalue weighted by Gasteiger charge is 2.50. The SMILES string of the molecule is CC(C)OC(=O)N[C@@H](C(F)F)[C@@H](O[Si](C(C)C)(C(C)C)C(C)C)C(=O)O. The van der Waals surface area contributed by atoms with Gasteiger partial charge >= 0.3 is 12.1 Å². The van der Waals surface area contributed by atoms with E-state index in [1.165, 1.54) is 0 Å². The summed E-state index contributed by atoms with van der Waals surface area (Å²) >= 11 is 0. The maximum atomic E-state index is 13.6. The maximum absolute atomic E-state index is 13.6. The minimum Gasteiger partial charge on any atom is -0.479 e. The molecule has 0 spiro atoms. The molecule has 0 aromatic heterocycles. The van der Waals surface area contributed by atoms with Crippen molar-refractivity contribution in [1.29, 1.82) is 0 Å². The number of carboxylic acid groups (broad SMARTS) is 1. The van der Waals surface area contributed by atoms with E-state index in [2.05, 4.69) is 0 Å². The summed E-state index contributed by atoms with van der Waals surface area (Å²) in [4.78, 5) is 23.5. The molecular formula is C17H33F2NO5Si. The van der Waals surface area contributed by atoms with E-state index in [0.717, 1.165) is 0 Å². The largest absolute Gasteiger partial charge is 0.479 e. The first-order valence-electron chi connectivity index (χ1n) is 8.93. The Bertz CT molecular complexity index is 450. The standard InChI is InChI=1S/C17H33F2NO5Si/c1-9(2)24-17(23)20-13(15(18)19)14(16(21)22)25-26(10(3)4,11(5)6)12(7)8/h9-15H,1-8H3,(H,20,23)(H,21,22)/t13-,14-/m1/s1. The van der Waals surface area contributed by atoms with Gasteiger partial charge in [-0.2, -0.15) is 0 Å². The molecule has 154 valence electrons. The summed E-state index contributed by atoms with van der Waals surface area (Å²) in [6.07, 6.45) is -6.58. The van der Waals surface area contributed by atoms with Crippen molar-refractivity contribution in [3.05, 3.63) is 0 Å². The average Bonchev–Trinajstić information content (AvgIpc) is 2.43. The Morgan fingerprint density at radius 1 is 0.923 bits per heavy atom. The Hall–Kier alpha value is -1.22. The smallest absolute Gasteiger partial charge is 0.407 e. The lowest BCUT2D eigenvalue weighted by Crippen LogP contribution is -2.59. The molecule has 9 heteroatoms. The number of ether oxygens (including phenoxy) is 1. The molecule has 2 atom stereocenters. The van der Waals surface area contributed by atoms with Crippen LogP contribution in [0.4, 0.5) is 13.6 Å². The lowest BCUT2D eigenvalue weighted by molar-refractivity contribution is -0.149. The topological polar surface area (TPSA) is 84.9 Å². The number of aliphatic carboxylic acids is 1. The van der Waals surface area contributed by atoms with Crippen molar-refractivity contribution in [1.82, 2.24) is 5.32 Å². The lowest BCUT2D eigenvalue weighted by Gasteiger charge is -2.44. The molecule has 0 saturated carbocycles. The van der Waals surface area contributed by atoms with Crippen LogP contribution in [0.1, 0.15) is 55.4 Å². The van der Waals surface area contributed by atoms with Gasteiger partial charge in [0.15, 0.2) is 6.10 Å². The third kappa shape index (κ3) is 6.19. The summed E-state index contributed by atoms with van der Waals surface area (Å²) in [7, 11) is -2.75. The van der Waals surface area contributed by atoms with Gasteiger partial charge in [0.2, 0.25) is 8.32 Å². The molecule has 0 rings (SSSR count). The zero-order valence-electron chi connectivity index (χ0n) is 16.9. The molecule has 2 N–H and O–H groups in total. The lowest BCUT2D eigenvalue weighted by atomic mass is 10.2. The second-order valence-electron chi connectivity index (χ2n) is 7.65. The number of hydrogen-bond donors (Lipinski definition) is 2. The van der Waals surface area contributed by atoms with Crippen molar-refractivity contribution >= 4 is 20.4 Å². The van der Waals surface area contributed by atoms with Crippen LogP contribution in [-0.4, -0.2) is 50.2 Å². The third-order valence-electron chi connectivity index (χ3n) is 4.51. The van der Waals surface area contributed by atoms with Crippen molar-refractivity contribution in [3.63, 3.8) is 0 Å². The van der Waals surface area contributed by atoms with Crippen LogP contribution in [-0.2, 0) is 14.0 Å². The molecule has 0 fully saturated rings. The van der Waals surface area contributed by atoms with Crippen molar-refractivity contribution in [2.45, 2.75) is 96.7 Å². The van der Waals surface area contributed by atoms with Crippen molar-refractivity contribution in [3.8, 4) is 0 Å². The van der Waals surface area contributed by atoms with Crippen LogP contribution in [0.2, 0.25) is 16.6 Å². The first kappa shape index (κ1) is 24.8. The molecule has 0 aromatic carbocycles. The molecular weight excluding hydrogens is 364 g/mol. The third-order valence-corrected chi connectivity index (χ3v) is 10.6. The van der Waals surface area contributed by atoms with Crippen LogP contribution in [0.5, 0.6) is 0 Å². The predicted octanol–water partition coefficient (Wildman–Crippen LogP) is 4.40. The summed E-state index contributed by atoms with van der Waals surface area (Å²) in [6.45, 7) is 14.6. The van der Waals surface area contributed by atoms with Crippen LogP contribution in [0.15, 0.2) is 0 Å². The van der Waals surface area contributed by atoms with Gasteiger partial charge < -0.3 is 19.6 Å². The van der Waals surface area contributed by atoms with Gasteiger partial charge in [-0.1, -0.05) is 41.5 Å². The number of alkyl halides is 2. The first-order valence-corrected chi connectivity index (χ1v) is 11.1. The second-order valence-corrected chi connectivity index (χ2v) is 13.1. The van der Waals surface area contributed by atoms with E-state index in [1.54, 1.807) is 13.8 Å². The van der Waals surface area contributed by atoms with E-state index in [-0.39, 0.29) is 16.6 Å². The monoisotopic (exact) mass is 397 g/mol. The number of amides is 1. The van der Waals surface area contributed by atoms with Gasteiger partial charge in [0.1, 0.15) is 6.04 Å². The van der Waals surface area contributed by atoms with E-state index in [1.807, 2.05) is 46.9 Å². The van der Waals surface area contributed by atoms with Crippen LogP contribution in [0.25, 0.3) is 0 Å². The van der Waals surface area contributed by atoms with Crippen molar-refractivity contribution in [2.24, 2.45) is 0 Å². The fraction of sp³-hybridized carbons (Fsp3) is 0.882. The molecule has 0 radical (unpaired) electrons. The fourth-order valence-corrected chi connectivity index (χ4v) is 9.06. The van der Waals surface area contributed by atoms with Crippen LogP contribution >= 0.6 is 0 Å². The Kier molecular flexibility index (Phi) is 9.72. The Morgan fingerprint density at radius 2 is 1.35 bits per heavy atom. The number of carbonyl (C=O) groups excluding carboxylic acids is 1. The highest BCUT2D eigenvalue weighted by Crippen LogP contribution is 2.43. The second kappa shape index (κ2) is 10.2. The van der Waals surface area contributed by atoms with E-state index in [0.29, 0.717) is 0 Å². The number of nitrogens with one attached hydrogen (secondary N) is 1. The summed E-state index contributed by atoms with van der Waals surface area (Å²) in [5.41, 5.74) is 0.0147. The molecule has 0 bridgehead atoms. The van der Waals surface area contributed by atoms with Crippen molar-refractivity contribution < 1.29 is 32.6 Å². The molecule has 0 aliphatic heterocycles. The minimum absolute atomic E-state index is 0.00490. The predicted molar refractivity (Wildman–Crippen MR) is 98.1 cm³/mol. The quantitative estimate of drug-likeness (QED) is 0.534. The van der Waals surface area contributed by atoms with E-state index >= 15 is 0 Å². The number of carboxylic acids is 1. The van der Waals surface area contributed by atoms with Gasteiger partial charge in [-0.25, -0.2) is 18.4 Å². The number of halogens is 2. The minimum atomic E-state index is -3.12. The molecule has 0 aliphatic carbocycles. The Labute approximate surface area is 155 Å². The Balaban J connectivity index is 5.83. The summed E-state index contributed by atoms with van der Waals surface area (Å²) in [5.74, 6) is -1.53. The van der Waals surface area contributed by atoms with E-state index < -0.39 is 45.1 Å². The molecule has 0 heterocycles. The van der Waals surface area contributed by atoms with E-state index in [9.17, 15) is 23.5 Å². The van der Waals surface area contributed by atoms with Crippen LogP contribution in [0.3, 0.4) is 0 Å². The van der Waals surface area contributed by atoms with Gasteiger partial charge in [-0.15, -0.1) is 0 Å². The van der Waals surface area contributed by atoms with Gasteiger partial charge in [-0.05, 0) is 30.5 Å². The molecule has 0 unspecified atom stereocenters. The first-order chi connectivity index (χ1) is 11.8. The molecule has 26 heavy (non-hydrogen) atoms. The van der Waals surface area contributed by atoms with Gasteiger partial charge in [0, 0.05) is 0 Å².